The van der Waals surface area contributed by atoms with E-state index in [4.69, 9.17) is 16.3 Å². The van der Waals surface area contributed by atoms with Gasteiger partial charge in [-0.05, 0) is 29.5 Å². The van der Waals surface area contributed by atoms with E-state index in [9.17, 15) is 0 Å². The molecule has 0 amide bonds. The maximum Gasteiger partial charge on any atom is 0.137 e. The number of benzene rings is 1. The largest absolute Gasteiger partial charge is 0.492 e. The maximum atomic E-state index is 6.11. The van der Waals surface area contributed by atoms with Crippen molar-refractivity contribution in [3.63, 3.8) is 0 Å². The molecule has 0 radical (unpaired) electrons. The van der Waals surface area contributed by atoms with E-state index in [0.29, 0.717) is 17.0 Å². The van der Waals surface area contributed by atoms with E-state index in [1.165, 1.54) is 0 Å². The van der Waals surface area contributed by atoms with Crippen molar-refractivity contribution in [3.05, 3.63) is 28.8 Å². The number of ether oxygens (including phenoxy) is 1. The minimum absolute atomic E-state index is 0.294. The Morgan fingerprint density at radius 2 is 2.00 bits per heavy atom. The summed E-state index contributed by atoms with van der Waals surface area (Å²) >= 11 is 9.51. The van der Waals surface area contributed by atoms with Crippen molar-refractivity contribution in [2.45, 2.75) is 32.5 Å². The summed E-state index contributed by atoms with van der Waals surface area (Å²) in [5.41, 5.74) is 1.45. The first-order chi connectivity index (χ1) is 7.42. The van der Waals surface area contributed by atoms with E-state index < -0.39 is 0 Å². The SMILES string of the molecule is CC(C)(C)CCOc1ccc(CBr)cc1Cl. The first kappa shape index (κ1) is 13.9. The van der Waals surface area contributed by atoms with E-state index in [0.717, 1.165) is 23.1 Å². The molecule has 0 heterocycles. The fourth-order valence-electron chi connectivity index (χ4n) is 1.21. The van der Waals surface area contributed by atoms with Crippen LogP contribution in [0.3, 0.4) is 0 Å². The predicted octanol–water partition coefficient (Wildman–Crippen LogP) is 5.05. The Balaban J connectivity index is 2.55. The van der Waals surface area contributed by atoms with Gasteiger partial charge in [-0.15, -0.1) is 0 Å². The van der Waals surface area contributed by atoms with Crippen molar-refractivity contribution in [2.24, 2.45) is 5.41 Å². The van der Waals surface area contributed by atoms with Gasteiger partial charge in [0.05, 0.1) is 11.6 Å². The summed E-state index contributed by atoms with van der Waals surface area (Å²) in [7, 11) is 0. The Morgan fingerprint density at radius 1 is 1.31 bits per heavy atom. The molecular formula is C13H18BrClO. The van der Waals surface area contributed by atoms with Gasteiger partial charge >= 0.3 is 0 Å². The second-order valence-electron chi connectivity index (χ2n) is 5.06. The fourth-order valence-corrected chi connectivity index (χ4v) is 1.82. The molecule has 0 aliphatic heterocycles. The maximum absolute atomic E-state index is 6.11. The Morgan fingerprint density at radius 3 is 2.50 bits per heavy atom. The molecule has 0 fully saturated rings. The lowest BCUT2D eigenvalue weighted by atomic mass is 9.93. The molecule has 1 aromatic rings. The molecule has 3 heteroatoms. The van der Waals surface area contributed by atoms with Gasteiger partial charge in [0, 0.05) is 5.33 Å². The molecule has 0 N–H and O–H groups in total. The van der Waals surface area contributed by atoms with Gasteiger partial charge in [0.1, 0.15) is 5.75 Å². The number of hydrogen-bond acceptors (Lipinski definition) is 1. The van der Waals surface area contributed by atoms with Crippen molar-refractivity contribution in [3.8, 4) is 5.75 Å². The van der Waals surface area contributed by atoms with E-state index in [1.54, 1.807) is 0 Å². The second kappa shape index (κ2) is 5.92. The molecule has 0 unspecified atom stereocenters. The first-order valence-electron chi connectivity index (χ1n) is 5.39. The fraction of sp³-hybridized carbons (Fsp3) is 0.538. The van der Waals surface area contributed by atoms with Gasteiger partial charge in [-0.2, -0.15) is 0 Å². The summed E-state index contributed by atoms with van der Waals surface area (Å²) in [6.07, 6.45) is 1.02. The minimum atomic E-state index is 0.294. The van der Waals surface area contributed by atoms with E-state index in [-0.39, 0.29) is 0 Å². The average molecular weight is 306 g/mol. The van der Waals surface area contributed by atoms with Crippen molar-refractivity contribution >= 4 is 27.5 Å². The topological polar surface area (TPSA) is 9.23 Å². The van der Waals surface area contributed by atoms with Crippen molar-refractivity contribution in [1.82, 2.24) is 0 Å². The molecule has 1 nitrogen and oxygen atoms in total. The van der Waals surface area contributed by atoms with E-state index >= 15 is 0 Å². The van der Waals surface area contributed by atoms with Crippen LogP contribution in [0.2, 0.25) is 5.02 Å². The summed E-state index contributed by atoms with van der Waals surface area (Å²) in [5.74, 6) is 0.774. The van der Waals surface area contributed by atoms with Gasteiger partial charge in [-0.25, -0.2) is 0 Å². The molecule has 0 aliphatic rings. The Hall–Kier alpha value is -0.210. The van der Waals surface area contributed by atoms with Crippen LogP contribution in [0.25, 0.3) is 0 Å². The number of hydrogen-bond donors (Lipinski definition) is 0. The zero-order valence-corrected chi connectivity index (χ0v) is 12.4. The monoisotopic (exact) mass is 304 g/mol. The lowest BCUT2D eigenvalue weighted by molar-refractivity contribution is 0.243. The number of halogens is 2. The molecule has 0 saturated heterocycles. The van der Waals surface area contributed by atoms with Crippen LogP contribution in [0.4, 0.5) is 0 Å². The van der Waals surface area contributed by atoms with E-state index in [1.807, 2.05) is 18.2 Å². The van der Waals surface area contributed by atoms with Gasteiger partial charge in [0.25, 0.3) is 0 Å². The van der Waals surface area contributed by atoms with Gasteiger partial charge in [-0.3, -0.25) is 0 Å². The quantitative estimate of drug-likeness (QED) is 0.707. The van der Waals surface area contributed by atoms with Crippen molar-refractivity contribution in [1.29, 1.82) is 0 Å². The lowest BCUT2D eigenvalue weighted by Gasteiger charge is -2.18. The third-order valence-electron chi connectivity index (χ3n) is 2.26. The zero-order valence-electron chi connectivity index (χ0n) is 10.0. The third-order valence-corrected chi connectivity index (χ3v) is 3.20. The van der Waals surface area contributed by atoms with Crippen LogP contribution in [0.5, 0.6) is 5.75 Å². The highest BCUT2D eigenvalue weighted by Gasteiger charge is 2.10. The molecule has 0 aromatic heterocycles. The first-order valence-corrected chi connectivity index (χ1v) is 6.89. The average Bonchev–Trinajstić information content (AvgIpc) is 2.18. The molecule has 90 valence electrons. The highest BCUT2D eigenvalue weighted by molar-refractivity contribution is 9.08. The van der Waals surface area contributed by atoms with Crippen molar-refractivity contribution < 1.29 is 4.74 Å². The van der Waals surface area contributed by atoms with Crippen LogP contribution in [0, 0.1) is 5.41 Å². The molecule has 0 spiro atoms. The molecule has 0 atom stereocenters. The summed E-state index contributed by atoms with van der Waals surface area (Å²) in [6.45, 7) is 7.31. The molecule has 0 saturated carbocycles. The molecular weight excluding hydrogens is 287 g/mol. The zero-order chi connectivity index (χ0) is 12.2. The molecule has 1 rings (SSSR count). The van der Waals surface area contributed by atoms with Crippen LogP contribution in [0.1, 0.15) is 32.8 Å². The highest BCUT2D eigenvalue weighted by atomic mass is 79.9. The van der Waals surface area contributed by atoms with E-state index in [2.05, 4.69) is 36.7 Å². The minimum Gasteiger partial charge on any atom is -0.492 e. The van der Waals surface area contributed by atoms with Gasteiger partial charge < -0.3 is 4.74 Å². The van der Waals surface area contributed by atoms with Crippen LogP contribution >= 0.6 is 27.5 Å². The third kappa shape index (κ3) is 4.75. The van der Waals surface area contributed by atoms with Crippen LogP contribution < -0.4 is 4.74 Å². The van der Waals surface area contributed by atoms with Crippen molar-refractivity contribution in [2.75, 3.05) is 6.61 Å². The molecule has 0 bridgehead atoms. The number of alkyl halides is 1. The lowest BCUT2D eigenvalue weighted by Crippen LogP contribution is -2.11. The normalized spacial score (nSPS) is 11.6. The van der Waals surface area contributed by atoms with Gasteiger partial charge in [0.15, 0.2) is 0 Å². The van der Waals surface area contributed by atoms with Crippen LogP contribution in [0.15, 0.2) is 18.2 Å². The van der Waals surface area contributed by atoms with Gasteiger partial charge in [-0.1, -0.05) is 54.4 Å². The predicted molar refractivity (Wildman–Crippen MR) is 73.7 cm³/mol. The summed E-state index contributed by atoms with van der Waals surface area (Å²) in [4.78, 5) is 0. The highest BCUT2D eigenvalue weighted by Crippen LogP contribution is 2.27. The summed E-state index contributed by atoms with van der Waals surface area (Å²) in [6, 6.07) is 5.89. The Labute approximate surface area is 111 Å². The standard InChI is InChI=1S/C13H18BrClO/c1-13(2,3)6-7-16-12-5-4-10(9-14)8-11(12)15/h4-5,8H,6-7,9H2,1-3H3. The Kier molecular flexibility index (Phi) is 5.13. The van der Waals surface area contributed by atoms with Crippen LogP contribution in [-0.2, 0) is 5.33 Å². The smallest absolute Gasteiger partial charge is 0.137 e. The second-order valence-corrected chi connectivity index (χ2v) is 6.03. The summed E-state index contributed by atoms with van der Waals surface area (Å²) < 4.78 is 5.67. The number of rotatable bonds is 4. The molecule has 0 aliphatic carbocycles. The van der Waals surface area contributed by atoms with Gasteiger partial charge in [0.2, 0.25) is 0 Å². The summed E-state index contributed by atoms with van der Waals surface area (Å²) in [5, 5.41) is 1.50. The van der Waals surface area contributed by atoms with Crippen LogP contribution in [-0.4, -0.2) is 6.61 Å². The molecule has 16 heavy (non-hydrogen) atoms. The molecule has 1 aromatic carbocycles. The Bertz CT molecular complexity index is 344.